The Morgan fingerprint density at radius 1 is 1.29 bits per heavy atom. The second-order valence-corrected chi connectivity index (χ2v) is 7.75. The van der Waals surface area contributed by atoms with Gasteiger partial charge < -0.3 is 5.32 Å². The summed E-state index contributed by atoms with van der Waals surface area (Å²) in [6, 6.07) is 9.46. The molecular formula is C15H14ClF2NS2. The fraction of sp³-hybridized carbons (Fsp3) is 0.333. The van der Waals surface area contributed by atoms with Crippen molar-refractivity contribution >= 4 is 40.4 Å². The van der Waals surface area contributed by atoms with Crippen molar-refractivity contribution in [3.05, 3.63) is 45.1 Å². The van der Waals surface area contributed by atoms with E-state index in [4.69, 9.17) is 11.6 Å². The van der Waals surface area contributed by atoms with Crippen molar-refractivity contribution < 1.29 is 8.78 Å². The molecule has 0 amide bonds. The van der Waals surface area contributed by atoms with E-state index in [-0.39, 0.29) is 6.04 Å². The van der Waals surface area contributed by atoms with Gasteiger partial charge in [0.25, 0.3) is 5.76 Å². The molecule has 1 atom stereocenters. The highest BCUT2D eigenvalue weighted by atomic mass is 35.5. The third-order valence-corrected chi connectivity index (χ3v) is 5.57. The number of alkyl halides is 2. The highest BCUT2D eigenvalue weighted by Gasteiger charge is 2.22. The second-order valence-electron chi connectivity index (χ2n) is 4.92. The van der Waals surface area contributed by atoms with Gasteiger partial charge in [0, 0.05) is 15.5 Å². The van der Waals surface area contributed by atoms with Gasteiger partial charge in [0.05, 0.1) is 10.4 Å². The molecule has 1 aliphatic carbocycles. The number of fused-ring (bicyclic) bond motifs is 1. The van der Waals surface area contributed by atoms with E-state index in [9.17, 15) is 8.78 Å². The van der Waals surface area contributed by atoms with E-state index in [2.05, 4.69) is 5.32 Å². The van der Waals surface area contributed by atoms with Gasteiger partial charge in [-0.05, 0) is 55.2 Å². The predicted molar refractivity (Wildman–Crippen MR) is 86.9 cm³/mol. The van der Waals surface area contributed by atoms with E-state index in [0.717, 1.165) is 29.3 Å². The van der Waals surface area contributed by atoms with Crippen molar-refractivity contribution in [2.75, 3.05) is 5.32 Å². The minimum absolute atomic E-state index is 0.256. The molecule has 3 rings (SSSR count). The third-order valence-electron chi connectivity index (χ3n) is 3.50. The smallest absolute Gasteiger partial charge is 0.288 e. The molecule has 21 heavy (non-hydrogen) atoms. The molecule has 1 unspecified atom stereocenters. The number of benzene rings is 1. The largest absolute Gasteiger partial charge is 0.378 e. The van der Waals surface area contributed by atoms with Crippen molar-refractivity contribution in [1.29, 1.82) is 0 Å². The minimum atomic E-state index is -2.38. The lowest BCUT2D eigenvalue weighted by Crippen LogP contribution is -2.15. The molecule has 0 radical (unpaired) electrons. The first kappa shape index (κ1) is 15.1. The summed E-state index contributed by atoms with van der Waals surface area (Å²) in [6.07, 6.45) is 3.29. The van der Waals surface area contributed by atoms with E-state index in [0.29, 0.717) is 16.7 Å². The van der Waals surface area contributed by atoms with Crippen LogP contribution in [0.4, 0.5) is 14.5 Å². The summed E-state index contributed by atoms with van der Waals surface area (Å²) >= 11 is 8.33. The summed E-state index contributed by atoms with van der Waals surface area (Å²) in [7, 11) is 0. The zero-order valence-corrected chi connectivity index (χ0v) is 13.5. The van der Waals surface area contributed by atoms with Crippen LogP contribution in [0.15, 0.2) is 35.2 Å². The van der Waals surface area contributed by atoms with Crippen LogP contribution in [0, 0.1) is 0 Å². The zero-order chi connectivity index (χ0) is 14.8. The lowest BCUT2D eigenvalue weighted by Gasteiger charge is -2.24. The maximum Gasteiger partial charge on any atom is 0.288 e. The summed E-state index contributed by atoms with van der Waals surface area (Å²) in [5, 5.41) is 3.48. The molecule has 0 bridgehead atoms. The molecule has 0 fully saturated rings. The summed E-state index contributed by atoms with van der Waals surface area (Å²) in [6.45, 7) is 0. The Hall–Kier alpha value is -0.780. The Bertz CT molecular complexity index is 613. The van der Waals surface area contributed by atoms with Gasteiger partial charge in [0.2, 0.25) is 0 Å². The van der Waals surface area contributed by atoms with E-state index in [1.54, 1.807) is 23.5 Å². The number of hydrogen-bond donors (Lipinski definition) is 1. The third kappa shape index (κ3) is 3.71. The van der Waals surface area contributed by atoms with Crippen molar-refractivity contribution in [1.82, 2.24) is 0 Å². The molecule has 0 saturated carbocycles. The van der Waals surface area contributed by atoms with Crippen LogP contribution < -0.4 is 5.32 Å². The van der Waals surface area contributed by atoms with Crippen LogP contribution in [0.1, 0.15) is 29.3 Å². The van der Waals surface area contributed by atoms with Crippen molar-refractivity contribution in [3.63, 3.8) is 0 Å². The van der Waals surface area contributed by atoms with Gasteiger partial charge in [0.15, 0.2) is 0 Å². The van der Waals surface area contributed by atoms with Crippen LogP contribution in [-0.2, 0) is 6.42 Å². The van der Waals surface area contributed by atoms with Gasteiger partial charge in [-0.3, -0.25) is 0 Å². The first-order valence-electron chi connectivity index (χ1n) is 6.71. The summed E-state index contributed by atoms with van der Waals surface area (Å²) in [4.78, 5) is 1.94. The van der Waals surface area contributed by atoms with Crippen LogP contribution in [0.5, 0.6) is 0 Å². The van der Waals surface area contributed by atoms with E-state index in [1.807, 2.05) is 18.2 Å². The highest BCUT2D eigenvalue weighted by molar-refractivity contribution is 7.99. The first-order chi connectivity index (χ1) is 10.1. The average Bonchev–Trinajstić information content (AvgIpc) is 2.82. The topological polar surface area (TPSA) is 12.0 Å². The molecule has 0 saturated heterocycles. The summed E-state index contributed by atoms with van der Waals surface area (Å²) < 4.78 is 25.4. The Balaban J connectivity index is 1.72. The van der Waals surface area contributed by atoms with Gasteiger partial charge in [-0.15, -0.1) is 11.3 Å². The highest BCUT2D eigenvalue weighted by Crippen LogP contribution is 2.39. The fourth-order valence-electron chi connectivity index (χ4n) is 2.61. The van der Waals surface area contributed by atoms with Crippen LogP contribution in [0.2, 0.25) is 4.34 Å². The minimum Gasteiger partial charge on any atom is -0.378 e. The molecule has 1 aromatic carbocycles. The molecule has 1 heterocycles. The van der Waals surface area contributed by atoms with Gasteiger partial charge >= 0.3 is 0 Å². The first-order valence-corrected chi connectivity index (χ1v) is 8.79. The number of halogens is 3. The van der Waals surface area contributed by atoms with Crippen molar-refractivity contribution in [2.45, 2.75) is 36.0 Å². The van der Waals surface area contributed by atoms with Crippen LogP contribution in [-0.4, -0.2) is 5.76 Å². The molecule has 6 heteroatoms. The Morgan fingerprint density at radius 3 is 2.76 bits per heavy atom. The van der Waals surface area contributed by atoms with E-state index < -0.39 is 5.76 Å². The van der Waals surface area contributed by atoms with Crippen molar-refractivity contribution in [3.8, 4) is 0 Å². The van der Waals surface area contributed by atoms with Gasteiger partial charge in [-0.2, -0.15) is 8.78 Å². The number of aryl methyl sites for hydroxylation is 1. The number of nitrogens with one attached hydrogen (secondary N) is 1. The van der Waals surface area contributed by atoms with Crippen LogP contribution >= 0.6 is 34.7 Å². The van der Waals surface area contributed by atoms with Gasteiger partial charge in [-0.1, -0.05) is 23.4 Å². The van der Waals surface area contributed by atoms with Gasteiger partial charge in [0.1, 0.15) is 0 Å². The molecule has 1 aliphatic rings. The van der Waals surface area contributed by atoms with E-state index in [1.165, 1.54) is 10.4 Å². The molecule has 2 aromatic rings. The molecule has 1 N–H and O–H groups in total. The lowest BCUT2D eigenvalue weighted by molar-refractivity contribution is 0.252. The molecular weight excluding hydrogens is 332 g/mol. The Kier molecular flexibility index (Phi) is 4.72. The number of hydrogen-bond acceptors (Lipinski definition) is 3. The number of thiophene rings is 1. The number of anilines is 1. The predicted octanol–water partition coefficient (Wildman–Crippen LogP) is 6.21. The Labute approximate surface area is 135 Å². The zero-order valence-electron chi connectivity index (χ0n) is 11.1. The SMILES string of the molecule is FC(F)Sc1ccc(NC2CCCc3sc(Cl)cc32)cc1. The maximum absolute atomic E-state index is 12.3. The molecule has 1 nitrogen and oxygen atoms in total. The Morgan fingerprint density at radius 2 is 2.05 bits per heavy atom. The molecule has 0 aliphatic heterocycles. The average molecular weight is 346 g/mol. The van der Waals surface area contributed by atoms with Crippen LogP contribution in [0.25, 0.3) is 0 Å². The number of rotatable bonds is 4. The number of thioether (sulfide) groups is 1. The van der Waals surface area contributed by atoms with Gasteiger partial charge in [-0.25, -0.2) is 0 Å². The quantitative estimate of drug-likeness (QED) is 0.661. The molecule has 1 aromatic heterocycles. The standard InChI is InChI=1S/C15H14ClF2NS2/c16-14-8-11-12(2-1-3-13(11)21-14)19-9-4-6-10(7-5-9)20-15(17)18/h4-8,12,15,19H,1-3H2. The fourth-order valence-corrected chi connectivity index (χ4v) is 4.49. The summed E-state index contributed by atoms with van der Waals surface area (Å²) in [5.41, 5.74) is 2.23. The second kappa shape index (κ2) is 6.55. The monoisotopic (exact) mass is 345 g/mol. The van der Waals surface area contributed by atoms with Crippen LogP contribution in [0.3, 0.4) is 0 Å². The molecule has 0 spiro atoms. The maximum atomic E-state index is 12.3. The normalized spacial score (nSPS) is 17.8. The lowest BCUT2D eigenvalue weighted by atomic mass is 9.94. The van der Waals surface area contributed by atoms with Crippen molar-refractivity contribution in [2.24, 2.45) is 0 Å². The van der Waals surface area contributed by atoms with E-state index >= 15 is 0 Å². The summed E-state index contributed by atoms with van der Waals surface area (Å²) in [5.74, 6) is -2.38. The molecule has 112 valence electrons.